The fourth-order valence-corrected chi connectivity index (χ4v) is 3.72. The third kappa shape index (κ3) is 2.98. The number of aromatic nitrogens is 2. The van der Waals surface area contributed by atoms with E-state index in [4.69, 9.17) is 10.3 Å². The van der Waals surface area contributed by atoms with E-state index < -0.39 is 0 Å². The minimum Gasteiger partial charge on any atom is -0.338 e. The van der Waals surface area contributed by atoms with Crippen LogP contribution in [0.2, 0.25) is 0 Å². The Kier molecular flexibility index (Phi) is 4.13. The van der Waals surface area contributed by atoms with Crippen molar-refractivity contribution < 1.29 is 4.52 Å². The zero-order valence-electron chi connectivity index (χ0n) is 11.6. The van der Waals surface area contributed by atoms with E-state index in [2.05, 4.69) is 15.0 Å². The summed E-state index contributed by atoms with van der Waals surface area (Å²) in [5.74, 6) is 2.23. The molecule has 1 aliphatic heterocycles. The summed E-state index contributed by atoms with van der Waals surface area (Å²) in [6.45, 7) is 2.33. The Bertz CT molecular complexity index is 400. The molecule has 2 fully saturated rings. The fourth-order valence-electron chi connectivity index (χ4n) is 3.72. The predicted octanol–water partition coefficient (Wildman–Crippen LogP) is 2.07. The zero-order valence-corrected chi connectivity index (χ0v) is 11.6. The molecule has 2 heterocycles. The van der Waals surface area contributed by atoms with Crippen molar-refractivity contribution in [2.24, 2.45) is 11.7 Å². The molecule has 1 unspecified atom stereocenters. The Morgan fingerprint density at radius 1 is 1.16 bits per heavy atom. The molecule has 0 spiro atoms. The second-order valence-electron chi connectivity index (χ2n) is 5.89. The first-order chi connectivity index (χ1) is 9.36. The topological polar surface area (TPSA) is 68.2 Å². The second kappa shape index (κ2) is 6.01. The highest BCUT2D eigenvalue weighted by Crippen LogP contribution is 2.34. The van der Waals surface area contributed by atoms with E-state index in [-0.39, 0.29) is 0 Å². The molecule has 5 heteroatoms. The van der Waals surface area contributed by atoms with Crippen LogP contribution in [0, 0.1) is 5.92 Å². The summed E-state index contributed by atoms with van der Waals surface area (Å²) in [7, 11) is 0. The average molecular weight is 264 g/mol. The van der Waals surface area contributed by atoms with Crippen LogP contribution < -0.4 is 5.73 Å². The van der Waals surface area contributed by atoms with Crippen molar-refractivity contribution >= 4 is 0 Å². The fraction of sp³-hybridized carbons (Fsp3) is 0.857. The van der Waals surface area contributed by atoms with Crippen LogP contribution in [0.3, 0.4) is 0 Å². The maximum Gasteiger partial charge on any atom is 0.240 e. The minimum absolute atomic E-state index is 0.332. The third-order valence-electron chi connectivity index (χ3n) is 4.64. The van der Waals surface area contributed by atoms with Crippen LogP contribution in [0.1, 0.15) is 56.7 Å². The minimum atomic E-state index is 0.332. The molecule has 0 aromatic carbocycles. The zero-order chi connectivity index (χ0) is 13.1. The highest BCUT2D eigenvalue weighted by atomic mass is 16.5. The van der Waals surface area contributed by atoms with Gasteiger partial charge in [0, 0.05) is 6.04 Å². The third-order valence-corrected chi connectivity index (χ3v) is 4.64. The Labute approximate surface area is 114 Å². The molecule has 5 nitrogen and oxygen atoms in total. The second-order valence-corrected chi connectivity index (χ2v) is 5.89. The molecule has 1 aromatic heterocycles. The van der Waals surface area contributed by atoms with E-state index in [1.807, 2.05) is 0 Å². The van der Waals surface area contributed by atoms with E-state index in [1.165, 1.54) is 51.5 Å². The molecule has 1 saturated heterocycles. The molecule has 19 heavy (non-hydrogen) atoms. The van der Waals surface area contributed by atoms with Gasteiger partial charge in [0.1, 0.15) is 0 Å². The Morgan fingerprint density at radius 2 is 2.00 bits per heavy atom. The lowest BCUT2D eigenvalue weighted by molar-refractivity contribution is 0.147. The summed E-state index contributed by atoms with van der Waals surface area (Å²) in [6, 6.07) is 0.736. The van der Waals surface area contributed by atoms with Gasteiger partial charge in [0.2, 0.25) is 5.89 Å². The van der Waals surface area contributed by atoms with Crippen molar-refractivity contribution in [3.63, 3.8) is 0 Å². The first-order valence-corrected chi connectivity index (χ1v) is 7.62. The number of hydrogen-bond donors (Lipinski definition) is 1. The molecule has 1 aliphatic carbocycles. The lowest BCUT2D eigenvalue weighted by Gasteiger charge is -2.33. The van der Waals surface area contributed by atoms with Crippen molar-refractivity contribution in [2.75, 3.05) is 6.54 Å². The smallest absolute Gasteiger partial charge is 0.240 e. The molecular weight excluding hydrogens is 240 g/mol. The molecular formula is C14H24N4O. The van der Waals surface area contributed by atoms with Crippen LogP contribution >= 0.6 is 0 Å². The van der Waals surface area contributed by atoms with Crippen LogP contribution in [0.15, 0.2) is 4.52 Å². The van der Waals surface area contributed by atoms with Crippen LogP contribution in [-0.4, -0.2) is 27.6 Å². The van der Waals surface area contributed by atoms with E-state index in [9.17, 15) is 0 Å². The average Bonchev–Trinajstić information content (AvgIpc) is 3.09. The van der Waals surface area contributed by atoms with Gasteiger partial charge in [0.25, 0.3) is 0 Å². The van der Waals surface area contributed by atoms with Crippen LogP contribution in [0.5, 0.6) is 0 Å². The van der Waals surface area contributed by atoms with Crippen molar-refractivity contribution in [2.45, 2.75) is 64.1 Å². The van der Waals surface area contributed by atoms with E-state index in [0.717, 1.165) is 24.3 Å². The van der Waals surface area contributed by atoms with Gasteiger partial charge in [-0.1, -0.05) is 24.4 Å². The molecule has 0 radical (unpaired) electrons. The first-order valence-electron chi connectivity index (χ1n) is 7.62. The van der Waals surface area contributed by atoms with Gasteiger partial charge >= 0.3 is 0 Å². The first kappa shape index (κ1) is 13.1. The van der Waals surface area contributed by atoms with Crippen molar-refractivity contribution in [1.82, 2.24) is 15.0 Å². The summed E-state index contributed by atoms with van der Waals surface area (Å²) in [6.07, 6.45) is 9.70. The Balaban J connectivity index is 1.62. The van der Waals surface area contributed by atoms with Gasteiger partial charge in [0.05, 0.1) is 13.1 Å². The van der Waals surface area contributed by atoms with Gasteiger partial charge in [0.15, 0.2) is 5.82 Å². The highest BCUT2D eigenvalue weighted by Gasteiger charge is 2.32. The highest BCUT2D eigenvalue weighted by molar-refractivity contribution is 4.92. The number of rotatable bonds is 4. The Hall–Kier alpha value is -0.940. The molecule has 3 rings (SSSR count). The monoisotopic (exact) mass is 264 g/mol. The van der Waals surface area contributed by atoms with E-state index >= 15 is 0 Å². The van der Waals surface area contributed by atoms with Gasteiger partial charge in [-0.15, -0.1) is 0 Å². The van der Waals surface area contributed by atoms with Crippen molar-refractivity contribution in [3.05, 3.63) is 11.7 Å². The summed E-state index contributed by atoms with van der Waals surface area (Å²) in [5.41, 5.74) is 5.51. The van der Waals surface area contributed by atoms with Gasteiger partial charge in [-0.25, -0.2) is 0 Å². The number of nitrogens with zero attached hydrogens (tertiary/aromatic N) is 3. The summed E-state index contributed by atoms with van der Waals surface area (Å²) in [5, 5.41) is 4.02. The van der Waals surface area contributed by atoms with Crippen LogP contribution in [-0.2, 0) is 13.1 Å². The summed E-state index contributed by atoms with van der Waals surface area (Å²) in [4.78, 5) is 6.88. The standard InChI is InChI=1S/C14H24N4O/c15-9-14-16-13(17-19-14)10-18-8-4-7-12(18)11-5-2-1-3-6-11/h11-12H,1-10,15H2. The Morgan fingerprint density at radius 3 is 2.74 bits per heavy atom. The van der Waals surface area contributed by atoms with Crippen molar-refractivity contribution in [3.8, 4) is 0 Å². The molecule has 106 valence electrons. The molecule has 0 amide bonds. The largest absolute Gasteiger partial charge is 0.338 e. The lowest BCUT2D eigenvalue weighted by Crippen LogP contribution is -2.36. The van der Waals surface area contributed by atoms with Gasteiger partial charge in [-0.2, -0.15) is 4.98 Å². The lowest BCUT2D eigenvalue weighted by atomic mass is 9.83. The molecule has 2 aliphatic rings. The maximum absolute atomic E-state index is 5.51. The normalized spacial score (nSPS) is 26.1. The van der Waals surface area contributed by atoms with Crippen molar-refractivity contribution in [1.29, 1.82) is 0 Å². The van der Waals surface area contributed by atoms with Gasteiger partial charge < -0.3 is 10.3 Å². The molecule has 1 aromatic rings. The number of hydrogen-bond acceptors (Lipinski definition) is 5. The molecule has 1 atom stereocenters. The van der Waals surface area contributed by atoms with Gasteiger partial charge in [-0.05, 0) is 38.1 Å². The summed E-state index contributed by atoms with van der Waals surface area (Å²) < 4.78 is 5.09. The van der Waals surface area contributed by atoms with Crippen LogP contribution in [0.4, 0.5) is 0 Å². The SMILES string of the molecule is NCc1nc(CN2CCCC2C2CCCCC2)no1. The molecule has 1 saturated carbocycles. The summed E-state index contributed by atoms with van der Waals surface area (Å²) >= 11 is 0. The number of nitrogens with two attached hydrogens (primary N) is 1. The quantitative estimate of drug-likeness (QED) is 0.901. The maximum atomic E-state index is 5.51. The van der Waals surface area contributed by atoms with Gasteiger partial charge in [-0.3, -0.25) is 4.90 Å². The van der Waals surface area contributed by atoms with E-state index in [1.54, 1.807) is 0 Å². The molecule has 0 bridgehead atoms. The van der Waals surface area contributed by atoms with Crippen LogP contribution in [0.25, 0.3) is 0 Å². The number of likely N-dealkylation sites (tertiary alicyclic amines) is 1. The predicted molar refractivity (Wildman–Crippen MR) is 72.2 cm³/mol. The van der Waals surface area contributed by atoms with E-state index in [0.29, 0.717) is 12.4 Å². The molecule has 2 N–H and O–H groups in total.